The van der Waals surface area contributed by atoms with Crippen LogP contribution in [0.1, 0.15) is 20.3 Å². The molecule has 0 radical (unpaired) electrons. The predicted octanol–water partition coefficient (Wildman–Crippen LogP) is -0.343. The smallest absolute Gasteiger partial charge is 0.323 e. The van der Waals surface area contributed by atoms with Gasteiger partial charge < -0.3 is 15.7 Å². The van der Waals surface area contributed by atoms with Crippen LogP contribution in [0.25, 0.3) is 0 Å². The Kier molecular flexibility index (Phi) is 5.06. The molecule has 0 aliphatic rings. The van der Waals surface area contributed by atoms with Crippen LogP contribution >= 0.6 is 0 Å². The second-order valence-corrected chi connectivity index (χ2v) is 2.76. The van der Waals surface area contributed by atoms with Crippen LogP contribution in [-0.2, 0) is 9.59 Å². The molecule has 13 heavy (non-hydrogen) atoms. The summed E-state index contributed by atoms with van der Waals surface area (Å²) < 4.78 is 0. The number of rotatable bonds is 5. The van der Waals surface area contributed by atoms with Crippen LogP contribution in [0.15, 0.2) is 0 Å². The first-order valence-corrected chi connectivity index (χ1v) is 4.29. The minimum absolute atomic E-state index is 0.275. The first kappa shape index (κ1) is 11.9. The fraction of sp³-hybridized carbons (Fsp3) is 0.750. The zero-order valence-electron chi connectivity index (χ0n) is 7.99. The van der Waals surface area contributed by atoms with Gasteiger partial charge in [0.1, 0.15) is 6.54 Å². The molecule has 0 aromatic carbocycles. The summed E-state index contributed by atoms with van der Waals surface area (Å²) in [4.78, 5) is 23.0. The Morgan fingerprint density at radius 2 is 2.00 bits per heavy atom. The number of aliphatic carboxylic acids is 1. The predicted molar refractivity (Wildman–Crippen MR) is 48.2 cm³/mol. The van der Waals surface area contributed by atoms with Crippen molar-refractivity contribution in [3.8, 4) is 0 Å². The zero-order valence-corrected chi connectivity index (χ0v) is 7.99. The number of likely N-dealkylation sites (N-methyl/N-ethyl adjacent to an activating group) is 1. The van der Waals surface area contributed by atoms with Gasteiger partial charge >= 0.3 is 5.97 Å². The van der Waals surface area contributed by atoms with Crippen LogP contribution in [0.5, 0.6) is 0 Å². The summed E-state index contributed by atoms with van der Waals surface area (Å²) in [6.07, 6.45) is 0.523. The minimum atomic E-state index is -1.02. The van der Waals surface area contributed by atoms with Gasteiger partial charge in [0.05, 0.1) is 6.04 Å². The molecular formula is C8H16N2O3. The van der Waals surface area contributed by atoms with Gasteiger partial charge in [-0.2, -0.15) is 0 Å². The van der Waals surface area contributed by atoms with Crippen molar-refractivity contribution in [2.24, 2.45) is 5.73 Å². The molecule has 0 aliphatic carbocycles. The van der Waals surface area contributed by atoms with E-state index in [0.717, 1.165) is 0 Å². The van der Waals surface area contributed by atoms with Crippen molar-refractivity contribution in [2.75, 3.05) is 13.1 Å². The number of carboxylic acids is 1. The summed E-state index contributed by atoms with van der Waals surface area (Å²) in [6.45, 7) is 3.61. The Balaban J connectivity index is 4.22. The maximum Gasteiger partial charge on any atom is 0.323 e. The fourth-order valence-corrected chi connectivity index (χ4v) is 0.918. The number of hydrogen-bond donors (Lipinski definition) is 2. The van der Waals surface area contributed by atoms with Gasteiger partial charge in [-0.15, -0.1) is 0 Å². The molecule has 0 heterocycles. The average Bonchev–Trinajstić information content (AvgIpc) is 2.11. The number of carbonyl (C=O) groups excluding carboxylic acids is 1. The van der Waals surface area contributed by atoms with E-state index in [0.29, 0.717) is 13.0 Å². The van der Waals surface area contributed by atoms with Crippen molar-refractivity contribution < 1.29 is 14.7 Å². The Morgan fingerprint density at radius 1 is 1.46 bits per heavy atom. The second kappa shape index (κ2) is 5.53. The quantitative estimate of drug-likeness (QED) is 0.618. The van der Waals surface area contributed by atoms with Gasteiger partial charge in [-0.3, -0.25) is 9.59 Å². The lowest BCUT2D eigenvalue weighted by molar-refractivity contribution is -0.144. The van der Waals surface area contributed by atoms with Crippen LogP contribution in [-0.4, -0.2) is 41.0 Å². The summed E-state index contributed by atoms with van der Waals surface area (Å²) in [6, 6.07) is -0.584. The Labute approximate surface area is 77.5 Å². The molecule has 1 amide bonds. The summed E-state index contributed by atoms with van der Waals surface area (Å²) in [5, 5.41) is 8.48. The van der Waals surface area contributed by atoms with E-state index in [-0.39, 0.29) is 12.5 Å². The highest BCUT2D eigenvalue weighted by Gasteiger charge is 2.19. The van der Waals surface area contributed by atoms with Crippen molar-refractivity contribution in [2.45, 2.75) is 26.3 Å². The van der Waals surface area contributed by atoms with Gasteiger partial charge in [0.25, 0.3) is 0 Å². The topological polar surface area (TPSA) is 83.6 Å². The van der Waals surface area contributed by atoms with Gasteiger partial charge in [-0.1, -0.05) is 6.92 Å². The summed E-state index contributed by atoms with van der Waals surface area (Å²) >= 11 is 0. The third-order valence-corrected chi connectivity index (χ3v) is 1.78. The molecule has 0 saturated carbocycles. The number of carboxylic acid groups (broad SMARTS) is 1. The minimum Gasteiger partial charge on any atom is -0.480 e. The van der Waals surface area contributed by atoms with Crippen LogP contribution in [0.4, 0.5) is 0 Å². The number of hydrogen-bond acceptors (Lipinski definition) is 3. The van der Waals surface area contributed by atoms with Crippen molar-refractivity contribution >= 4 is 11.9 Å². The van der Waals surface area contributed by atoms with Crippen LogP contribution in [0, 0.1) is 0 Å². The molecule has 0 aromatic rings. The lowest BCUT2D eigenvalue weighted by atomic mass is 10.2. The Morgan fingerprint density at radius 3 is 2.31 bits per heavy atom. The molecule has 0 bridgehead atoms. The van der Waals surface area contributed by atoms with E-state index in [4.69, 9.17) is 10.8 Å². The molecule has 0 saturated heterocycles. The van der Waals surface area contributed by atoms with E-state index in [1.165, 1.54) is 4.90 Å². The van der Waals surface area contributed by atoms with E-state index in [1.54, 1.807) is 13.8 Å². The van der Waals surface area contributed by atoms with Crippen molar-refractivity contribution in [3.63, 3.8) is 0 Å². The number of amides is 1. The highest BCUT2D eigenvalue weighted by molar-refractivity contribution is 5.85. The van der Waals surface area contributed by atoms with E-state index in [9.17, 15) is 9.59 Å². The van der Waals surface area contributed by atoms with Crippen molar-refractivity contribution in [1.82, 2.24) is 4.90 Å². The molecule has 0 aromatic heterocycles. The van der Waals surface area contributed by atoms with E-state index >= 15 is 0 Å². The maximum absolute atomic E-state index is 11.4. The number of nitrogens with zero attached hydrogens (tertiary/aromatic N) is 1. The highest BCUT2D eigenvalue weighted by atomic mass is 16.4. The molecule has 0 spiro atoms. The Bertz CT molecular complexity index is 194. The zero-order chi connectivity index (χ0) is 10.4. The molecule has 0 fully saturated rings. The van der Waals surface area contributed by atoms with Crippen LogP contribution in [0.2, 0.25) is 0 Å². The largest absolute Gasteiger partial charge is 0.480 e. The lowest BCUT2D eigenvalue weighted by Crippen LogP contribution is -2.45. The van der Waals surface area contributed by atoms with Gasteiger partial charge in [0, 0.05) is 6.54 Å². The Hall–Kier alpha value is -1.10. The normalized spacial score (nSPS) is 12.2. The van der Waals surface area contributed by atoms with Gasteiger partial charge in [0.2, 0.25) is 5.91 Å². The fourth-order valence-electron chi connectivity index (χ4n) is 0.918. The van der Waals surface area contributed by atoms with Crippen LogP contribution < -0.4 is 5.73 Å². The third kappa shape index (κ3) is 3.89. The summed E-state index contributed by atoms with van der Waals surface area (Å²) in [5.41, 5.74) is 5.48. The van der Waals surface area contributed by atoms with E-state index < -0.39 is 12.0 Å². The monoisotopic (exact) mass is 188 g/mol. The molecule has 76 valence electrons. The van der Waals surface area contributed by atoms with E-state index in [2.05, 4.69) is 0 Å². The molecule has 5 nitrogen and oxygen atoms in total. The molecule has 1 atom stereocenters. The third-order valence-electron chi connectivity index (χ3n) is 1.78. The lowest BCUT2D eigenvalue weighted by Gasteiger charge is -2.21. The highest BCUT2D eigenvalue weighted by Crippen LogP contribution is 1.96. The standard InChI is InChI=1S/C8H16N2O3/c1-3-6(9)8(13)10(4-2)5-7(11)12/h6H,3-5,9H2,1-2H3,(H,11,12)/t6-/m0/s1. The SMILES string of the molecule is CC[C@H](N)C(=O)N(CC)CC(=O)O. The first-order chi connectivity index (χ1) is 6.02. The maximum atomic E-state index is 11.4. The molecular weight excluding hydrogens is 172 g/mol. The number of carbonyl (C=O) groups is 2. The van der Waals surface area contributed by atoms with Gasteiger partial charge in [0.15, 0.2) is 0 Å². The summed E-state index contributed by atoms with van der Waals surface area (Å²) in [7, 11) is 0. The molecule has 0 aliphatic heterocycles. The molecule has 0 rings (SSSR count). The average molecular weight is 188 g/mol. The second-order valence-electron chi connectivity index (χ2n) is 2.76. The van der Waals surface area contributed by atoms with Crippen molar-refractivity contribution in [3.05, 3.63) is 0 Å². The van der Waals surface area contributed by atoms with Gasteiger partial charge in [-0.05, 0) is 13.3 Å². The molecule has 3 N–H and O–H groups in total. The first-order valence-electron chi connectivity index (χ1n) is 4.29. The number of nitrogens with two attached hydrogens (primary N) is 1. The molecule has 0 unspecified atom stereocenters. The summed E-state index contributed by atoms with van der Waals surface area (Å²) in [5.74, 6) is -1.31. The van der Waals surface area contributed by atoms with Crippen LogP contribution in [0.3, 0.4) is 0 Å². The van der Waals surface area contributed by atoms with Crippen molar-refractivity contribution in [1.29, 1.82) is 0 Å². The van der Waals surface area contributed by atoms with E-state index in [1.807, 2.05) is 0 Å². The molecule has 5 heteroatoms. The van der Waals surface area contributed by atoms with Gasteiger partial charge in [-0.25, -0.2) is 0 Å².